The molecule has 1 atom stereocenters. The highest BCUT2D eigenvalue weighted by molar-refractivity contribution is 7.90. The van der Waals surface area contributed by atoms with Gasteiger partial charge in [0.2, 0.25) is 20.0 Å². The van der Waals surface area contributed by atoms with Crippen LogP contribution in [0.15, 0.2) is 34.1 Å². The first-order valence-electron chi connectivity index (χ1n) is 6.46. The number of carbonyl (C=O) groups is 1. The van der Waals surface area contributed by atoms with Gasteiger partial charge in [-0.05, 0) is 24.6 Å². The number of benzene rings is 1. The molecule has 1 rings (SSSR count). The van der Waals surface area contributed by atoms with Crippen molar-refractivity contribution in [3.8, 4) is 0 Å². The van der Waals surface area contributed by atoms with Crippen molar-refractivity contribution in [3.63, 3.8) is 0 Å². The molecular formula is C12H18N2O6S2. The number of aliphatic carboxylic acids is 1. The quantitative estimate of drug-likeness (QED) is 0.613. The van der Waals surface area contributed by atoms with Gasteiger partial charge in [-0.2, -0.15) is 4.72 Å². The Bertz CT molecular complexity index is 743. The van der Waals surface area contributed by atoms with Gasteiger partial charge in [-0.3, -0.25) is 4.79 Å². The lowest BCUT2D eigenvalue weighted by Gasteiger charge is -2.14. The Kier molecular flexibility index (Phi) is 6.06. The Balaban J connectivity index is 3.11. The number of carboxylic acid groups (broad SMARTS) is 1. The van der Waals surface area contributed by atoms with E-state index >= 15 is 0 Å². The number of rotatable bonds is 8. The smallest absolute Gasteiger partial charge is 0.321 e. The molecule has 0 fully saturated rings. The molecule has 0 saturated carbocycles. The molecule has 0 aliphatic carbocycles. The lowest BCUT2D eigenvalue weighted by molar-refractivity contribution is -0.139. The van der Waals surface area contributed by atoms with E-state index in [1.54, 1.807) is 0 Å². The highest BCUT2D eigenvalue weighted by Crippen LogP contribution is 2.15. The van der Waals surface area contributed by atoms with Crippen LogP contribution < -0.4 is 9.86 Å². The number of hydrogen-bond donors (Lipinski definition) is 3. The van der Waals surface area contributed by atoms with E-state index in [1.807, 2.05) is 6.92 Å². The monoisotopic (exact) mass is 350 g/mol. The predicted octanol–water partition coefficient (Wildman–Crippen LogP) is 0.256. The van der Waals surface area contributed by atoms with E-state index in [4.69, 9.17) is 10.2 Å². The Morgan fingerprint density at radius 1 is 1.27 bits per heavy atom. The Hall–Kier alpha value is -1.49. The third-order valence-electron chi connectivity index (χ3n) is 2.89. The van der Waals surface area contributed by atoms with Gasteiger partial charge in [0, 0.05) is 0 Å². The second-order valence-electron chi connectivity index (χ2n) is 4.67. The van der Waals surface area contributed by atoms with Gasteiger partial charge in [-0.25, -0.2) is 22.0 Å². The highest BCUT2D eigenvalue weighted by atomic mass is 32.2. The molecule has 0 heterocycles. The molecule has 10 heteroatoms. The van der Waals surface area contributed by atoms with Crippen molar-refractivity contribution >= 4 is 26.0 Å². The zero-order chi connectivity index (χ0) is 17.0. The van der Waals surface area contributed by atoms with E-state index in [2.05, 4.69) is 4.72 Å². The van der Waals surface area contributed by atoms with E-state index in [0.717, 1.165) is 18.2 Å². The number of nitrogens with one attached hydrogen (secondary N) is 1. The molecule has 8 nitrogen and oxygen atoms in total. The van der Waals surface area contributed by atoms with Gasteiger partial charge in [-0.15, -0.1) is 0 Å². The maximum Gasteiger partial charge on any atom is 0.321 e. The van der Waals surface area contributed by atoms with Gasteiger partial charge in [0.05, 0.1) is 9.79 Å². The zero-order valence-electron chi connectivity index (χ0n) is 11.9. The summed E-state index contributed by atoms with van der Waals surface area (Å²) in [5.74, 6) is -1.29. The summed E-state index contributed by atoms with van der Waals surface area (Å²) in [6.45, 7) is 1.85. The van der Waals surface area contributed by atoms with E-state index in [1.165, 1.54) is 6.07 Å². The number of carboxylic acids is 1. The van der Waals surface area contributed by atoms with Gasteiger partial charge in [0.15, 0.2) is 0 Å². The lowest BCUT2D eigenvalue weighted by atomic mass is 10.1. The van der Waals surface area contributed by atoms with Crippen LogP contribution in [0.2, 0.25) is 0 Å². The fourth-order valence-electron chi connectivity index (χ4n) is 1.71. The minimum absolute atomic E-state index is 0.139. The summed E-state index contributed by atoms with van der Waals surface area (Å²) in [5, 5.41) is 14.0. The van der Waals surface area contributed by atoms with Crippen LogP contribution in [0.3, 0.4) is 0 Å². The minimum Gasteiger partial charge on any atom is -0.480 e. The summed E-state index contributed by atoms with van der Waals surface area (Å²) < 4.78 is 48.9. The molecule has 0 saturated heterocycles. The van der Waals surface area contributed by atoms with Crippen LogP contribution >= 0.6 is 0 Å². The van der Waals surface area contributed by atoms with Crippen molar-refractivity contribution in [1.82, 2.24) is 4.72 Å². The number of hydrogen-bond acceptors (Lipinski definition) is 5. The average molecular weight is 350 g/mol. The van der Waals surface area contributed by atoms with Crippen LogP contribution in [-0.2, 0) is 24.8 Å². The second-order valence-corrected chi connectivity index (χ2v) is 7.95. The number of nitrogens with two attached hydrogens (primary N) is 1. The molecule has 0 unspecified atom stereocenters. The molecule has 0 bridgehead atoms. The van der Waals surface area contributed by atoms with Gasteiger partial charge in [0.1, 0.15) is 6.04 Å². The van der Waals surface area contributed by atoms with Crippen molar-refractivity contribution < 1.29 is 26.7 Å². The zero-order valence-corrected chi connectivity index (χ0v) is 13.5. The fraction of sp³-hybridized carbons (Fsp3) is 0.417. The molecule has 0 spiro atoms. The molecule has 0 aromatic heterocycles. The Labute approximate surface area is 129 Å². The summed E-state index contributed by atoms with van der Waals surface area (Å²) in [7, 11) is -8.22. The largest absolute Gasteiger partial charge is 0.480 e. The van der Waals surface area contributed by atoms with Crippen LogP contribution in [0, 0.1) is 0 Å². The first-order chi connectivity index (χ1) is 10.1. The molecule has 0 aliphatic rings. The molecule has 0 amide bonds. The van der Waals surface area contributed by atoms with Crippen LogP contribution in [0.4, 0.5) is 0 Å². The first kappa shape index (κ1) is 18.6. The highest BCUT2D eigenvalue weighted by Gasteiger charge is 2.25. The third kappa shape index (κ3) is 5.05. The van der Waals surface area contributed by atoms with Crippen molar-refractivity contribution in [1.29, 1.82) is 0 Å². The summed E-state index contributed by atoms with van der Waals surface area (Å²) in [5.41, 5.74) is 0. The van der Waals surface area contributed by atoms with Crippen molar-refractivity contribution in [2.45, 2.75) is 42.0 Å². The van der Waals surface area contributed by atoms with Gasteiger partial charge in [0.25, 0.3) is 0 Å². The van der Waals surface area contributed by atoms with Crippen LogP contribution in [-0.4, -0.2) is 34.0 Å². The van der Waals surface area contributed by atoms with E-state index in [-0.39, 0.29) is 16.2 Å². The maximum absolute atomic E-state index is 12.2. The summed E-state index contributed by atoms with van der Waals surface area (Å²) >= 11 is 0. The topological polar surface area (TPSA) is 144 Å². The van der Waals surface area contributed by atoms with Gasteiger partial charge in [-0.1, -0.05) is 25.8 Å². The number of primary sulfonamides is 1. The standard InChI is InChI=1S/C12H18N2O6S2/c1-2-3-7-11(12(15)16)14-22(19,20)10-6-4-5-9(8-10)21(13,17)18/h4-6,8,11,14H,2-3,7H2,1H3,(H,15,16)(H2,13,17,18)/t11-/m0/s1. The normalized spacial score (nSPS) is 13.7. The van der Waals surface area contributed by atoms with Crippen molar-refractivity contribution in [2.24, 2.45) is 5.14 Å². The SMILES string of the molecule is CCCC[C@H](NS(=O)(=O)c1cccc(S(N)(=O)=O)c1)C(=O)O. The van der Waals surface area contributed by atoms with E-state index in [9.17, 15) is 21.6 Å². The fourth-order valence-corrected chi connectivity index (χ4v) is 3.62. The van der Waals surface area contributed by atoms with Crippen LogP contribution in [0.25, 0.3) is 0 Å². The number of sulfonamides is 2. The lowest BCUT2D eigenvalue weighted by Crippen LogP contribution is -2.40. The molecule has 124 valence electrons. The van der Waals surface area contributed by atoms with Crippen molar-refractivity contribution in [2.75, 3.05) is 0 Å². The van der Waals surface area contributed by atoms with Gasteiger partial charge >= 0.3 is 5.97 Å². The summed E-state index contributed by atoms with van der Waals surface area (Å²) in [6.07, 6.45) is 1.39. The molecule has 22 heavy (non-hydrogen) atoms. The van der Waals surface area contributed by atoms with E-state index < -0.39 is 32.1 Å². The Morgan fingerprint density at radius 2 is 1.86 bits per heavy atom. The summed E-state index contributed by atoms with van der Waals surface area (Å²) in [6, 6.07) is 3.14. The predicted molar refractivity (Wildman–Crippen MR) is 79.1 cm³/mol. The molecule has 1 aromatic rings. The van der Waals surface area contributed by atoms with Crippen LogP contribution in [0.5, 0.6) is 0 Å². The maximum atomic E-state index is 12.2. The first-order valence-corrected chi connectivity index (χ1v) is 9.49. The second kappa shape index (κ2) is 7.18. The molecule has 0 radical (unpaired) electrons. The molecular weight excluding hydrogens is 332 g/mol. The minimum atomic E-state index is -4.17. The number of unbranched alkanes of at least 4 members (excludes halogenated alkanes) is 1. The average Bonchev–Trinajstić information content (AvgIpc) is 2.42. The van der Waals surface area contributed by atoms with E-state index in [0.29, 0.717) is 12.8 Å². The van der Waals surface area contributed by atoms with Crippen molar-refractivity contribution in [3.05, 3.63) is 24.3 Å². The Morgan fingerprint density at radius 3 is 2.36 bits per heavy atom. The van der Waals surface area contributed by atoms with Gasteiger partial charge < -0.3 is 5.11 Å². The third-order valence-corrected chi connectivity index (χ3v) is 5.27. The molecule has 1 aromatic carbocycles. The summed E-state index contributed by atoms with van der Waals surface area (Å²) in [4.78, 5) is 10.4. The molecule has 0 aliphatic heterocycles. The molecule has 4 N–H and O–H groups in total. The van der Waals surface area contributed by atoms with Crippen LogP contribution in [0.1, 0.15) is 26.2 Å².